The van der Waals surface area contributed by atoms with Gasteiger partial charge in [0.15, 0.2) is 5.66 Å². The Labute approximate surface area is 310 Å². The Morgan fingerprint density at radius 1 is 0.420 bits per heavy atom. The second kappa shape index (κ2) is 13.0. The van der Waals surface area contributed by atoms with Crippen LogP contribution in [0.15, 0.2) is 173 Å². The smallest absolute Gasteiger partial charge is 0.222 e. The van der Waals surface area contributed by atoms with E-state index in [4.69, 9.17) is 61.4 Å². The molecule has 0 amide bonds. The van der Waals surface area contributed by atoms with Crippen molar-refractivity contribution in [3.05, 3.63) is 211 Å². The zero-order chi connectivity index (χ0) is 34.3. The number of aliphatic imine (C=N–C) groups is 3. The summed E-state index contributed by atoms with van der Waals surface area (Å²) in [5.41, 5.74) is 1.58. The van der Waals surface area contributed by atoms with E-state index in [1.54, 1.807) is 30.3 Å². The highest BCUT2D eigenvalue weighted by Gasteiger charge is 2.65. The molecule has 0 radical (unpaired) electrons. The van der Waals surface area contributed by atoms with Crippen LogP contribution in [0.5, 0.6) is 0 Å². The van der Waals surface area contributed by atoms with Crippen LogP contribution in [0.3, 0.4) is 0 Å². The van der Waals surface area contributed by atoms with Gasteiger partial charge >= 0.3 is 0 Å². The molecule has 0 fully saturated rings. The molecule has 1 atom stereocenters. The molecule has 2 aliphatic rings. The summed E-state index contributed by atoms with van der Waals surface area (Å²) in [7, 11) is 0. The molecule has 0 aliphatic carbocycles. The molecule has 8 heteroatoms. The number of hydrogen-bond acceptors (Lipinski definition) is 4. The third-order valence-electron chi connectivity index (χ3n) is 9.29. The van der Waals surface area contributed by atoms with Gasteiger partial charge in [-0.25, -0.2) is 9.98 Å². The molecule has 0 saturated carbocycles. The molecule has 4 nitrogen and oxygen atoms in total. The van der Waals surface area contributed by atoms with Crippen molar-refractivity contribution in [2.75, 3.05) is 0 Å². The molecule has 50 heavy (non-hydrogen) atoms. The summed E-state index contributed by atoms with van der Waals surface area (Å²) in [5.74, 6) is 0. The number of nitrogens with zero attached hydrogens (tertiary/aromatic N) is 3. The molecule has 1 unspecified atom stereocenters. The Kier molecular flexibility index (Phi) is 8.46. The molecule has 0 bridgehead atoms. The van der Waals surface area contributed by atoms with Gasteiger partial charge in [0, 0.05) is 48.6 Å². The molecular formula is C42H28Cl4N4. The number of hydrogen-bond donors (Lipinski definition) is 1. The van der Waals surface area contributed by atoms with Crippen molar-refractivity contribution in [3.63, 3.8) is 0 Å². The van der Waals surface area contributed by atoms with E-state index in [9.17, 15) is 0 Å². The summed E-state index contributed by atoms with van der Waals surface area (Å²) in [4.78, 5) is 16.8. The number of nitrogens with one attached hydrogen (secondary N) is 1. The number of benzene rings is 6. The number of halogens is 4. The Morgan fingerprint density at radius 3 is 1.22 bits per heavy atom. The first kappa shape index (κ1) is 32.6. The molecule has 6 aromatic carbocycles. The van der Waals surface area contributed by atoms with Crippen molar-refractivity contribution >= 4 is 64.0 Å². The molecule has 1 N–H and O–H groups in total. The first-order chi connectivity index (χ1) is 24.4. The summed E-state index contributed by atoms with van der Waals surface area (Å²) in [6, 6.07) is 51.0. The lowest BCUT2D eigenvalue weighted by atomic mass is 9.78. The predicted molar refractivity (Wildman–Crippen MR) is 208 cm³/mol. The Morgan fingerprint density at radius 2 is 0.800 bits per heavy atom. The van der Waals surface area contributed by atoms with Crippen molar-refractivity contribution in [1.82, 2.24) is 5.32 Å². The molecule has 0 saturated heterocycles. The summed E-state index contributed by atoms with van der Waals surface area (Å²) in [5, 5.41) is 5.49. The van der Waals surface area contributed by atoms with Gasteiger partial charge in [-0.1, -0.05) is 180 Å². The highest BCUT2D eigenvalue weighted by atomic mass is 35.5. The van der Waals surface area contributed by atoms with Gasteiger partial charge in [-0.2, -0.15) is 0 Å². The van der Waals surface area contributed by atoms with Crippen LogP contribution >= 0.6 is 46.4 Å². The van der Waals surface area contributed by atoms with E-state index in [1.165, 1.54) is 0 Å². The molecule has 2 aliphatic heterocycles. The molecule has 8 rings (SSSR count). The maximum atomic E-state index is 7.24. The first-order valence-electron chi connectivity index (χ1n) is 16.1. The van der Waals surface area contributed by atoms with Gasteiger partial charge in [0.05, 0.1) is 11.4 Å². The zero-order valence-corrected chi connectivity index (χ0v) is 29.5. The van der Waals surface area contributed by atoms with Gasteiger partial charge in [-0.3, -0.25) is 10.3 Å². The van der Waals surface area contributed by atoms with E-state index in [0.717, 1.165) is 22.3 Å². The van der Waals surface area contributed by atoms with Gasteiger partial charge in [0.25, 0.3) is 0 Å². The third-order valence-corrected chi connectivity index (χ3v) is 10.6. The monoisotopic (exact) mass is 728 g/mol. The van der Waals surface area contributed by atoms with E-state index in [2.05, 4.69) is 29.6 Å². The van der Waals surface area contributed by atoms with Crippen LogP contribution in [-0.4, -0.2) is 17.6 Å². The third kappa shape index (κ3) is 5.14. The Hall–Kier alpha value is -4.55. The summed E-state index contributed by atoms with van der Waals surface area (Å²) < 4.78 is 0. The Balaban J connectivity index is 1.54. The van der Waals surface area contributed by atoms with Crippen molar-refractivity contribution in [1.29, 1.82) is 0 Å². The fraction of sp³-hybridized carbons (Fsp3) is 0.0714. The van der Waals surface area contributed by atoms with E-state index >= 15 is 0 Å². The fourth-order valence-electron chi connectivity index (χ4n) is 7.06. The molecule has 244 valence electrons. The van der Waals surface area contributed by atoms with Crippen LogP contribution in [0.25, 0.3) is 0 Å². The topological polar surface area (TPSA) is 49.1 Å². The Bertz CT molecular complexity index is 2160. The van der Waals surface area contributed by atoms with Crippen molar-refractivity contribution in [3.8, 4) is 0 Å². The fourth-order valence-corrected chi connectivity index (χ4v) is 8.39. The largest absolute Gasteiger partial charge is 0.267 e. The predicted octanol–water partition coefficient (Wildman–Crippen LogP) is 10.9. The van der Waals surface area contributed by atoms with Gasteiger partial charge in [0.1, 0.15) is 5.54 Å². The van der Waals surface area contributed by atoms with Crippen LogP contribution in [0.1, 0.15) is 33.4 Å². The molecular weight excluding hydrogens is 702 g/mol. The standard InChI is InChI=1S/C42H28Cl4N4/c43-32-23-13-24-33(44)36(32)41(47-27-40(50-41,30-19-9-3-10-20-30)31-21-11-4-12-22-31)42(37-34(45)25-14-26-35(37)46)48-38(28-15-5-1-6-16-28)39(49-42)29-17-7-2-8-18-29/h1-27,50H. The SMILES string of the molecule is Clc1cccc(Cl)c1C1(C2(c3c(Cl)cccc3Cl)N=CC(c3ccccc3)(c3ccccc3)N2)N=C(c2ccccc2)C(c2ccccc2)=N1. The average molecular weight is 731 g/mol. The lowest BCUT2D eigenvalue weighted by molar-refractivity contribution is 0.181. The summed E-state index contributed by atoms with van der Waals surface area (Å²) in [6.07, 6.45) is 1.91. The van der Waals surface area contributed by atoms with Gasteiger partial charge in [-0.15, -0.1) is 0 Å². The molecule has 2 heterocycles. The van der Waals surface area contributed by atoms with Crippen LogP contribution in [0.4, 0.5) is 0 Å². The van der Waals surface area contributed by atoms with Crippen molar-refractivity contribution < 1.29 is 0 Å². The highest BCUT2D eigenvalue weighted by molar-refractivity contribution is 6.54. The van der Waals surface area contributed by atoms with E-state index in [0.29, 0.717) is 42.6 Å². The van der Waals surface area contributed by atoms with E-state index in [-0.39, 0.29) is 0 Å². The normalized spacial score (nSPS) is 18.9. The van der Waals surface area contributed by atoms with Gasteiger partial charge in [-0.05, 0) is 35.4 Å². The minimum atomic E-state index is -1.67. The molecule has 6 aromatic rings. The minimum Gasteiger partial charge on any atom is -0.267 e. The molecule has 0 aromatic heterocycles. The lowest BCUT2D eigenvalue weighted by Gasteiger charge is -2.45. The maximum absolute atomic E-state index is 7.24. The van der Waals surface area contributed by atoms with Crippen LogP contribution in [-0.2, 0) is 16.9 Å². The number of rotatable bonds is 7. The quantitative estimate of drug-likeness (QED) is 0.175. The van der Waals surface area contributed by atoms with Crippen molar-refractivity contribution in [2.24, 2.45) is 15.0 Å². The zero-order valence-electron chi connectivity index (χ0n) is 26.4. The minimum absolute atomic E-state index is 0.364. The second-order valence-corrected chi connectivity index (χ2v) is 13.8. The van der Waals surface area contributed by atoms with Crippen LogP contribution < -0.4 is 5.32 Å². The van der Waals surface area contributed by atoms with Crippen LogP contribution in [0, 0.1) is 0 Å². The highest BCUT2D eigenvalue weighted by Crippen LogP contribution is 2.58. The maximum Gasteiger partial charge on any atom is 0.222 e. The molecule has 0 spiro atoms. The van der Waals surface area contributed by atoms with E-state index < -0.39 is 16.9 Å². The van der Waals surface area contributed by atoms with Gasteiger partial charge < -0.3 is 0 Å². The van der Waals surface area contributed by atoms with Gasteiger partial charge in [0.2, 0.25) is 5.66 Å². The van der Waals surface area contributed by atoms with E-state index in [1.807, 2.05) is 109 Å². The summed E-state index contributed by atoms with van der Waals surface area (Å²) >= 11 is 28.9. The average Bonchev–Trinajstić information content (AvgIpc) is 3.76. The lowest BCUT2D eigenvalue weighted by Crippen LogP contribution is -2.59. The first-order valence-corrected chi connectivity index (χ1v) is 17.6. The second-order valence-electron chi connectivity index (χ2n) is 12.2. The van der Waals surface area contributed by atoms with Crippen molar-refractivity contribution in [2.45, 2.75) is 16.9 Å². The summed E-state index contributed by atoms with van der Waals surface area (Å²) in [6.45, 7) is 0. The van der Waals surface area contributed by atoms with Crippen LogP contribution in [0.2, 0.25) is 20.1 Å².